The summed E-state index contributed by atoms with van der Waals surface area (Å²) in [6.45, 7) is 6.46. The van der Waals surface area contributed by atoms with Crippen molar-refractivity contribution in [3.63, 3.8) is 0 Å². The Morgan fingerprint density at radius 1 is 1.43 bits per heavy atom. The monoisotopic (exact) mass is 313 g/mol. The summed E-state index contributed by atoms with van der Waals surface area (Å²) in [6, 6.07) is 10.0. The molecule has 1 saturated heterocycles. The van der Waals surface area contributed by atoms with Gasteiger partial charge in [-0.25, -0.2) is 0 Å². The first kappa shape index (κ1) is 17.8. The number of nitrogens with one attached hydrogen (secondary N) is 2. The van der Waals surface area contributed by atoms with E-state index in [0.29, 0.717) is 25.7 Å². The highest BCUT2D eigenvalue weighted by molar-refractivity contribution is 5.85. The molecule has 5 nitrogen and oxygen atoms in total. The first-order valence-corrected chi connectivity index (χ1v) is 7.15. The number of benzene rings is 1. The number of carbonyl (C=O) groups is 1. The Morgan fingerprint density at radius 2 is 2.19 bits per heavy atom. The Bertz CT molecular complexity index is 417. The van der Waals surface area contributed by atoms with Crippen molar-refractivity contribution in [3.8, 4) is 5.75 Å². The van der Waals surface area contributed by atoms with E-state index in [1.807, 2.05) is 30.3 Å². The molecular weight excluding hydrogens is 290 g/mol. The molecule has 1 fully saturated rings. The normalized spacial score (nSPS) is 18.6. The van der Waals surface area contributed by atoms with Crippen LogP contribution in [0.1, 0.15) is 6.92 Å². The van der Waals surface area contributed by atoms with Crippen molar-refractivity contribution in [1.29, 1.82) is 0 Å². The van der Waals surface area contributed by atoms with Crippen molar-refractivity contribution >= 4 is 18.3 Å². The number of carbonyl (C=O) groups excluding carboxylic acids is 1. The first-order chi connectivity index (χ1) is 9.75. The second kappa shape index (κ2) is 9.60. The fraction of sp³-hybridized carbons (Fsp3) is 0.533. The van der Waals surface area contributed by atoms with Gasteiger partial charge in [-0.1, -0.05) is 18.2 Å². The quantitative estimate of drug-likeness (QED) is 0.766. The van der Waals surface area contributed by atoms with Gasteiger partial charge in [-0.2, -0.15) is 0 Å². The van der Waals surface area contributed by atoms with Gasteiger partial charge in [0.15, 0.2) is 0 Å². The highest BCUT2D eigenvalue weighted by Gasteiger charge is 2.19. The van der Waals surface area contributed by atoms with Crippen molar-refractivity contribution < 1.29 is 9.53 Å². The van der Waals surface area contributed by atoms with Gasteiger partial charge < -0.3 is 15.4 Å². The fourth-order valence-corrected chi connectivity index (χ4v) is 2.23. The lowest BCUT2D eigenvalue weighted by Crippen LogP contribution is -2.52. The second-order valence-corrected chi connectivity index (χ2v) is 5.04. The van der Waals surface area contributed by atoms with Crippen molar-refractivity contribution in [2.75, 3.05) is 39.3 Å². The van der Waals surface area contributed by atoms with E-state index >= 15 is 0 Å². The lowest BCUT2D eigenvalue weighted by molar-refractivity contribution is -0.123. The molecule has 6 heteroatoms. The Balaban J connectivity index is 0.00000220. The Morgan fingerprint density at radius 3 is 2.90 bits per heavy atom. The van der Waals surface area contributed by atoms with Crippen LogP contribution in [-0.2, 0) is 4.79 Å². The van der Waals surface area contributed by atoms with Crippen LogP contribution in [0.15, 0.2) is 30.3 Å². The zero-order chi connectivity index (χ0) is 14.2. The van der Waals surface area contributed by atoms with E-state index in [1.54, 1.807) is 0 Å². The van der Waals surface area contributed by atoms with E-state index in [1.165, 1.54) is 0 Å². The van der Waals surface area contributed by atoms with Gasteiger partial charge in [-0.3, -0.25) is 9.69 Å². The minimum Gasteiger partial charge on any atom is -0.492 e. The number of rotatable bonds is 6. The van der Waals surface area contributed by atoms with Gasteiger partial charge in [0, 0.05) is 25.7 Å². The second-order valence-electron chi connectivity index (χ2n) is 5.04. The third kappa shape index (κ3) is 6.33. The molecule has 0 bridgehead atoms. The third-order valence-corrected chi connectivity index (χ3v) is 3.42. The summed E-state index contributed by atoms with van der Waals surface area (Å²) < 4.78 is 5.53. The van der Waals surface area contributed by atoms with Crippen LogP contribution in [0.3, 0.4) is 0 Å². The molecule has 2 rings (SSSR count). The minimum atomic E-state index is 0. The number of halogens is 1. The van der Waals surface area contributed by atoms with Crippen LogP contribution < -0.4 is 15.4 Å². The topological polar surface area (TPSA) is 53.6 Å². The summed E-state index contributed by atoms with van der Waals surface area (Å²) in [6.07, 6.45) is 0. The van der Waals surface area contributed by atoms with Crippen molar-refractivity contribution in [2.24, 2.45) is 0 Å². The molecule has 0 aromatic heterocycles. The number of nitrogens with zero attached hydrogens (tertiary/aromatic N) is 1. The molecule has 118 valence electrons. The molecule has 2 N–H and O–H groups in total. The summed E-state index contributed by atoms with van der Waals surface area (Å²) in [5.74, 6) is 0.896. The number of ether oxygens (including phenoxy) is 1. The van der Waals surface area contributed by atoms with Gasteiger partial charge in [0.1, 0.15) is 12.4 Å². The summed E-state index contributed by atoms with van der Waals surface area (Å²) in [4.78, 5) is 14.0. The standard InChI is InChI=1S/C15H23N3O2.ClH/c1-13-11-16-7-9-18(13)12-15(19)17-8-10-20-14-5-3-2-4-6-14;/h2-6,13,16H,7-12H2,1H3,(H,17,19);1H. The molecule has 1 amide bonds. The lowest BCUT2D eigenvalue weighted by atomic mass is 10.2. The number of para-hydroxylation sites is 1. The fourth-order valence-electron chi connectivity index (χ4n) is 2.23. The summed E-state index contributed by atoms with van der Waals surface area (Å²) in [7, 11) is 0. The number of hydrogen-bond donors (Lipinski definition) is 2. The molecule has 0 radical (unpaired) electrons. The van der Waals surface area contributed by atoms with Crippen LogP contribution in [-0.4, -0.2) is 56.2 Å². The molecule has 1 aliphatic rings. The molecule has 0 saturated carbocycles. The van der Waals surface area contributed by atoms with Crippen LogP contribution in [0.2, 0.25) is 0 Å². The van der Waals surface area contributed by atoms with Crippen LogP contribution in [0, 0.1) is 0 Å². The van der Waals surface area contributed by atoms with Gasteiger partial charge in [-0.05, 0) is 19.1 Å². The average Bonchev–Trinajstić information content (AvgIpc) is 2.47. The van der Waals surface area contributed by atoms with Gasteiger partial charge in [0.05, 0.1) is 13.1 Å². The smallest absolute Gasteiger partial charge is 0.234 e. The van der Waals surface area contributed by atoms with E-state index in [9.17, 15) is 4.79 Å². The highest BCUT2D eigenvalue weighted by atomic mass is 35.5. The predicted octanol–water partition coefficient (Wildman–Crippen LogP) is 0.897. The average molecular weight is 314 g/mol. The van der Waals surface area contributed by atoms with Crippen LogP contribution >= 0.6 is 12.4 Å². The molecule has 1 unspecified atom stereocenters. The molecule has 0 spiro atoms. The molecule has 1 aromatic carbocycles. The molecule has 0 aliphatic carbocycles. The maximum atomic E-state index is 11.8. The van der Waals surface area contributed by atoms with Crippen molar-refractivity contribution in [2.45, 2.75) is 13.0 Å². The van der Waals surface area contributed by atoms with Crippen LogP contribution in [0.25, 0.3) is 0 Å². The predicted molar refractivity (Wildman–Crippen MR) is 86.1 cm³/mol. The zero-order valence-electron chi connectivity index (χ0n) is 12.4. The largest absolute Gasteiger partial charge is 0.492 e. The maximum Gasteiger partial charge on any atom is 0.234 e. The molecule has 1 aromatic rings. The van der Waals surface area contributed by atoms with Gasteiger partial charge in [0.2, 0.25) is 5.91 Å². The Labute approximate surface area is 132 Å². The van der Waals surface area contributed by atoms with E-state index < -0.39 is 0 Å². The summed E-state index contributed by atoms with van der Waals surface area (Å²) in [5.41, 5.74) is 0. The molecule has 1 aliphatic heterocycles. The van der Waals surface area contributed by atoms with E-state index in [2.05, 4.69) is 22.5 Å². The van der Waals surface area contributed by atoms with Gasteiger partial charge >= 0.3 is 0 Å². The van der Waals surface area contributed by atoms with Crippen molar-refractivity contribution in [1.82, 2.24) is 15.5 Å². The van der Waals surface area contributed by atoms with Gasteiger partial charge in [-0.15, -0.1) is 12.4 Å². The van der Waals surface area contributed by atoms with Crippen molar-refractivity contribution in [3.05, 3.63) is 30.3 Å². The lowest BCUT2D eigenvalue weighted by Gasteiger charge is -2.33. The SMILES string of the molecule is CC1CNCCN1CC(=O)NCCOc1ccccc1.Cl. The summed E-state index contributed by atoms with van der Waals surface area (Å²) in [5, 5.41) is 6.21. The van der Waals surface area contributed by atoms with E-state index in [4.69, 9.17) is 4.74 Å². The molecule has 1 atom stereocenters. The highest BCUT2D eigenvalue weighted by Crippen LogP contribution is 2.07. The van der Waals surface area contributed by atoms with E-state index in [0.717, 1.165) is 25.4 Å². The van der Waals surface area contributed by atoms with Crippen LogP contribution in [0.4, 0.5) is 0 Å². The Kier molecular flexibility index (Phi) is 8.12. The maximum absolute atomic E-state index is 11.8. The van der Waals surface area contributed by atoms with Gasteiger partial charge in [0.25, 0.3) is 0 Å². The summed E-state index contributed by atoms with van der Waals surface area (Å²) >= 11 is 0. The third-order valence-electron chi connectivity index (χ3n) is 3.42. The first-order valence-electron chi connectivity index (χ1n) is 7.15. The zero-order valence-corrected chi connectivity index (χ0v) is 13.2. The van der Waals surface area contributed by atoms with E-state index in [-0.39, 0.29) is 18.3 Å². The molecular formula is C15H24ClN3O2. The molecule has 1 heterocycles. The number of piperazine rings is 1. The number of amides is 1. The number of hydrogen-bond acceptors (Lipinski definition) is 4. The molecule has 21 heavy (non-hydrogen) atoms. The minimum absolute atomic E-state index is 0. The van der Waals surface area contributed by atoms with Crippen LogP contribution in [0.5, 0.6) is 5.75 Å². The Hall–Kier alpha value is -1.30.